The Morgan fingerprint density at radius 3 is 2.89 bits per heavy atom. The maximum atomic E-state index is 11.6. The van der Waals surface area contributed by atoms with Crippen LogP contribution in [0.25, 0.3) is 5.69 Å². The fourth-order valence-corrected chi connectivity index (χ4v) is 2.05. The van der Waals surface area contributed by atoms with Crippen molar-refractivity contribution in [2.75, 3.05) is 12.8 Å². The van der Waals surface area contributed by atoms with Crippen molar-refractivity contribution in [3.63, 3.8) is 0 Å². The molecule has 0 aliphatic heterocycles. The van der Waals surface area contributed by atoms with Gasteiger partial charge in [-0.05, 0) is 37.1 Å². The molecule has 19 heavy (non-hydrogen) atoms. The number of hydrogen-bond donors (Lipinski definition) is 1. The zero-order valence-corrected chi connectivity index (χ0v) is 10.7. The van der Waals surface area contributed by atoms with E-state index in [1.807, 2.05) is 18.3 Å². The van der Waals surface area contributed by atoms with E-state index in [-0.39, 0.29) is 0 Å². The number of aromatic nitrogens is 2. The van der Waals surface area contributed by atoms with Crippen LogP contribution < -0.4 is 5.73 Å². The van der Waals surface area contributed by atoms with Crippen LogP contribution in [0.4, 0.5) is 5.69 Å². The summed E-state index contributed by atoms with van der Waals surface area (Å²) in [5.74, 6) is 0.170. The maximum Gasteiger partial charge on any atom is 0.340 e. The molecule has 1 aromatic heterocycles. The molecule has 0 spiro atoms. The highest BCUT2D eigenvalue weighted by Gasteiger charge is 2.26. The largest absolute Gasteiger partial charge is 0.465 e. The van der Waals surface area contributed by atoms with Crippen LogP contribution in [-0.2, 0) is 4.74 Å². The third-order valence-corrected chi connectivity index (χ3v) is 3.31. The molecule has 0 radical (unpaired) electrons. The molecule has 2 N–H and O–H groups in total. The van der Waals surface area contributed by atoms with Gasteiger partial charge in [0.1, 0.15) is 0 Å². The molecule has 1 aliphatic rings. The van der Waals surface area contributed by atoms with Gasteiger partial charge < -0.3 is 10.5 Å². The molecule has 3 rings (SSSR count). The average molecular weight is 257 g/mol. The molecule has 0 saturated heterocycles. The first-order chi connectivity index (χ1) is 9.19. The van der Waals surface area contributed by atoms with Gasteiger partial charge in [0.2, 0.25) is 0 Å². The molecule has 1 heterocycles. The number of rotatable bonds is 3. The SMILES string of the molecule is COC(=O)c1cc(-n2ccc(C3CC3)n2)ccc1N. The Bertz CT molecular complexity index is 629. The van der Waals surface area contributed by atoms with E-state index in [1.165, 1.54) is 20.0 Å². The topological polar surface area (TPSA) is 70.1 Å². The number of nitrogen functional groups attached to an aromatic ring is 1. The van der Waals surface area contributed by atoms with E-state index in [9.17, 15) is 4.79 Å². The number of nitrogens with two attached hydrogens (primary N) is 1. The summed E-state index contributed by atoms with van der Waals surface area (Å²) in [6.45, 7) is 0. The van der Waals surface area contributed by atoms with Crippen LogP contribution in [0, 0.1) is 0 Å². The number of carbonyl (C=O) groups is 1. The highest BCUT2D eigenvalue weighted by atomic mass is 16.5. The number of hydrogen-bond acceptors (Lipinski definition) is 4. The van der Waals surface area contributed by atoms with Crippen molar-refractivity contribution in [1.29, 1.82) is 0 Å². The number of nitrogens with zero attached hydrogens (tertiary/aromatic N) is 2. The minimum atomic E-state index is -0.436. The number of anilines is 1. The lowest BCUT2D eigenvalue weighted by atomic mass is 10.1. The minimum absolute atomic E-state index is 0.364. The fraction of sp³-hybridized carbons (Fsp3) is 0.286. The summed E-state index contributed by atoms with van der Waals surface area (Å²) in [4.78, 5) is 11.6. The molecule has 0 bridgehead atoms. The Kier molecular flexibility index (Phi) is 2.74. The zero-order chi connectivity index (χ0) is 13.4. The third kappa shape index (κ3) is 2.19. The van der Waals surface area contributed by atoms with E-state index in [2.05, 4.69) is 5.10 Å². The van der Waals surface area contributed by atoms with Gasteiger partial charge in [0.15, 0.2) is 0 Å². The first-order valence-electron chi connectivity index (χ1n) is 6.23. The Hall–Kier alpha value is -2.30. The lowest BCUT2D eigenvalue weighted by molar-refractivity contribution is 0.0602. The van der Waals surface area contributed by atoms with Crippen LogP contribution in [0.3, 0.4) is 0 Å². The molecule has 2 aromatic rings. The predicted octanol–water partition coefficient (Wildman–Crippen LogP) is 2.12. The van der Waals surface area contributed by atoms with Crippen LogP contribution in [-0.4, -0.2) is 22.9 Å². The van der Waals surface area contributed by atoms with Crippen molar-refractivity contribution >= 4 is 11.7 Å². The molecular formula is C14H15N3O2. The molecule has 0 atom stereocenters. The van der Waals surface area contributed by atoms with E-state index in [4.69, 9.17) is 10.5 Å². The molecule has 1 aromatic carbocycles. The van der Waals surface area contributed by atoms with Gasteiger partial charge in [-0.15, -0.1) is 0 Å². The highest BCUT2D eigenvalue weighted by Crippen LogP contribution is 2.39. The van der Waals surface area contributed by atoms with Crippen LogP contribution in [0.1, 0.15) is 34.8 Å². The lowest BCUT2D eigenvalue weighted by Gasteiger charge is -2.07. The van der Waals surface area contributed by atoms with Crippen LogP contribution in [0.15, 0.2) is 30.5 Å². The lowest BCUT2D eigenvalue weighted by Crippen LogP contribution is -2.07. The number of benzene rings is 1. The number of ether oxygens (including phenoxy) is 1. The van der Waals surface area contributed by atoms with Gasteiger partial charge in [-0.2, -0.15) is 5.10 Å². The number of methoxy groups -OCH3 is 1. The van der Waals surface area contributed by atoms with Gasteiger partial charge >= 0.3 is 5.97 Å². The summed E-state index contributed by atoms with van der Waals surface area (Å²) in [5, 5.41) is 4.52. The smallest absolute Gasteiger partial charge is 0.340 e. The molecule has 0 unspecified atom stereocenters. The van der Waals surface area contributed by atoms with Crippen LogP contribution >= 0.6 is 0 Å². The summed E-state index contributed by atoms with van der Waals surface area (Å²) in [6, 6.07) is 7.25. The molecule has 5 nitrogen and oxygen atoms in total. The second-order valence-electron chi connectivity index (χ2n) is 4.72. The maximum absolute atomic E-state index is 11.6. The van der Waals surface area contributed by atoms with Crippen molar-refractivity contribution in [2.45, 2.75) is 18.8 Å². The predicted molar refractivity (Wildman–Crippen MR) is 71.3 cm³/mol. The van der Waals surface area contributed by atoms with Gasteiger partial charge in [-0.3, -0.25) is 0 Å². The van der Waals surface area contributed by atoms with Crippen LogP contribution in [0.2, 0.25) is 0 Å². The first-order valence-corrected chi connectivity index (χ1v) is 6.23. The normalized spacial score (nSPS) is 14.4. The Morgan fingerprint density at radius 2 is 2.21 bits per heavy atom. The second-order valence-corrected chi connectivity index (χ2v) is 4.72. The van der Waals surface area contributed by atoms with Crippen molar-refractivity contribution in [2.24, 2.45) is 0 Å². The minimum Gasteiger partial charge on any atom is -0.465 e. The van der Waals surface area contributed by atoms with E-state index in [1.54, 1.807) is 16.8 Å². The molecular weight excluding hydrogens is 242 g/mol. The summed E-state index contributed by atoms with van der Waals surface area (Å²) in [6.07, 6.45) is 4.33. The van der Waals surface area contributed by atoms with Crippen molar-refractivity contribution in [3.05, 3.63) is 41.7 Å². The average Bonchev–Trinajstić information content (AvgIpc) is 3.16. The Morgan fingerprint density at radius 1 is 1.42 bits per heavy atom. The highest BCUT2D eigenvalue weighted by molar-refractivity contribution is 5.95. The quantitative estimate of drug-likeness (QED) is 0.675. The monoisotopic (exact) mass is 257 g/mol. The number of carbonyl (C=O) groups excluding carboxylic acids is 1. The molecule has 98 valence electrons. The summed E-state index contributed by atoms with van der Waals surface area (Å²) < 4.78 is 6.48. The summed E-state index contributed by atoms with van der Waals surface area (Å²) in [7, 11) is 1.34. The van der Waals surface area contributed by atoms with Gasteiger partial charge in [-0.25, -0.2) is 9.48 Å². The van der Waals surface area contributed by atoms with Crippen LogP contribution in [0.5, 0.6) is 0 Å². The summed E-state index contributed by atoms with van der Waals surface area (Å²) in [5.41, 5.74) is 8.46. The second kappa shape index (κ2) is 4.42. The molecule has 1 aliphatic carbocycles. The first kappa shape index (κ1) is 11.8. The van der Waals surface area contributed by atoms with E-state index >= 15 is 0 Å². The molecule has 0 amide bonds. The Labute approximate surface area is 111 Å². The molecule has 5 heteroatoms. The van der Waals surface area contributed by atoms with Crippen molar-refractivity contribution < 1.29 is 9.53 Å². The van der Waals surface area contributed by atoms with E-state index in [0.29, 0.717) is 17.2 Å². The van der Waals surface area contributed by atoms with Crippen molar-refractivity contribution in [3.8, 4) is 5.69 Å². The van der Waals surface area contributed by atoms with E-state index in [0.717, 1.165) is 11.4 Å². The fourth-order valence-electron chi connectivity index (χ4n) is 2.05. The zero-order valence-electron chi connectivity index (χ0n) is 10.7. The van der Waals surface area contributed by atoms with Crippen molar-refractivity contribution in [1.82, 2.24) is 9.78 Å². The molecule has 1 fully saturated rings. The van der Waals surface area contributed by atoms with Gasteiger partial charge in [-0.1, -0.05) is 0 Å². The molecule has 1 saturated carbocycles. The van der Waals surface area contributed by atoms with Gasteiger partial charge in [0.05, 0.1) is 24.1 Å². The van der Waals surface area contributed by atoms with Gasteiger partial charge in [0, 0.05) is 17.8 Å². The summed E-state index contributed by atoms with van der Waals surface area (Å²) >= 11 is 0. The number of esters is 1. The third-order valence-electron chi connectivity index (χ3n) is 3.31. The standard InChI is InChI=1S/C14H15N3O2/c1-19-14(18)11-8-10(4-5-12(11)15)17-7-6-13(16-17)9-2-3-9/h4-9H,2-3,15H2,1H3. The Balaban J connectivity index is 1.97. The van der Waals surface area contributed by atoms with Gasteiger partial charge in [0.25, 0.3) is 0 Å². The van der Waals surface area contributed by atoms with E-state index < -0.39 is 5.97 Å².